The maximum atomic E-state index is 5.86. The predicted octanol–water partition coefficient (Wildman–Crippen LogP) is 2.43. The van der Waals surface area contributed by atoms with Gasteiger partial charge in [0.2, 0.25) is 0 Å². The summed E-state index contributed by atoms with van der Waals surface area (Å²) < 4.78 is 0. The summed E-state index contributed by atoms with van der Waals surface area (Å²) >= 11 is 5.86. The van der Waals surface area contributed by atoms with Crippen LogP contribution in [-0.2, 0) is 0 Å². The van der Waals surface area contributed by atoms with Gasteiger partial charge < -0.3 is 10.3 Å². The number of aromatic nitrogens is 3. The highest BCUT2D eigenvalue weighted by molar-refractivity contribution is 6.30. The number of imidazole rings is 1. The highest BCUT2D eigenvalue weighted by Crippen LogP contribution is 2.22. The lowest BCUT2D eigenvalue weighted by Crippen LogP contribution is -2.10. The number of hydrogen-bond donors (Lipinski definition) is 2. The number of hydrogen-bond acceptors (Lipinski definition) is 3. The first-order valence-electron chi connectivity index (χ1n) is 4.43. The molecule has 0 saturated carbocycles. The molecular weight excluding hydrogens is 200 g/mol. The summed E-state index contributed by atoms with van der Waals surface area (Å²) in [5.41, 5.74) is 2.47. The molecule has 0 aliphatic heterocycles. The zero-order valence-electron chi connectivity index (χ0n) is 8.00. The summed E-state index contributed by atoms with van der Waals surface area (Å²) in [7, 11) is 0. The van der Waals surface area contributed by atoms with Crippen molar-refractivity contribution in [3.63, 3.8) is 0 Å². The first kappa shape index (κ1) is 9.27. The molecule has 0 spiro atoms. The highest BCUT2D eigenvalue weighted by Gasteiger charge is 2.07. The molecule has 2 heterocycles. The van der Waals surface area contributed by atoms with Crippen molar-refractivity contribution in [1.82, 2.24) is 15.0 Å². The average Bonchev–Trinajstić information content (AvgIpc) is 2.50. The Morgan fingerprint density at radius 3 is 3.00 bits per heavy atom. The van der Waals surface area contributed by atoms with Crippen LogP contribution in [0, 0.1) is 0 Å². The van der Waals surface area contributed by atoms with Gasteiger partial charge in [-0.1, -0.05) is 11.6 Å². The van der Waals surface area contributed by atoms with Crippen molar-refractivity contribution < 1.29 is 0 Å². The Morgan fingerprint density at radius 1 is 1.50 bits per heavy atom. The number of H-pyrrole nitrogens is 1. The normalized spacial score (nSPS) is 11.1. The third-order valence-corrected chi connectivity index (χ3v) is 2.00. The van der Waals surface area contributed by atoms with Gasteiger partial charge in [0.1, 0.15) is 10.7 Å². The SMILES string of the molecule is CC(C)Nc1cc(Cl)nc2nc[nH]c12. The quantitative estimate of drug-likeness (QED) is 0.749. The molecular formula is C9H11ClN4. The molecule has 74 valence electrons. The molecule has 0 bridgehead atoms. The summed E-state index contributed by atoms with van der Waals surface area (Å²) in [6.07, 6.45) is 1.61. The second kappa shape index (κ2) is 3.46. The number of pyridine rings is 1. The van der Waals surface area contributed by atoms with Gasteiger partial charge in [0, 0.05) is 12.1 Å². The lowest BCUT2D eigenvalue weighted by molar-refractivity contribution is 0.901. The highest BCUT2D eigenvalue weighted by atomic mass is 35.5. The summed E-state index contributed by atoms with van der Waals surface area (Å²) in [5, 5.41) is 3.73. The van der Waals surface area contributed by atoms with E-state index in [1.807, 2.05) is 0 Å². The molecule has 2 aromatic rings. The molecule has 0 amide bonds. The van der Waals surface area contributed by atoms with Crippen molar-refractivity contribution in [3.8, 4) is 0 Å². The van der Waals surface area contributed by atoms with Crippen LogP contribution in [-0.4, -0.2) is 21.0 Å². The van der Waals surface area contributed by atoms with Gasteiger partial charge in [-0.2, -0.15) is 0 Å². The van der Waals surface area contributed by atoms with E-state index < -0.39 is 0 Å². The number of fused-ring (bicyclic) bond motifs is 1. The first-order chi connectivity index (χ1) is 6.66. The minimum atomic E-state index is 0.347. The smallest absolute Gasteiger partial charge is 0.180 e. The van der Waals surface area contributed by atoms with Crippen LogP contribution >= 0.6 is 11.6 Å². The van der Waals surface area contributed by atoms with E-state index in [1.165, 1.54) is 0 Å². The number of anilines is 1. The molecule has 0 atom stereocenters. The molecule has 14 heavy (non-hydrogen) atoms. The van der Waals surface area contributed by atoms with E-state index in [2.05, 4.69) is 34.1 Å². The molecule has 0 saturated heterocycles. The molecule has 0 aromatic carbocycles. The van der Waals surface area contributed by atoms with Crippen LogP contribution in [0.4, 0.5) is 5.69 Å². The first-order valence-corrected chi connectivity index (χ1v) is 4.81. The van der Waals surface area contributed by atoms with Crippen LogP contribution in [0.15, 0.2) is 12.4 Å². The van der Waals surface area contributed by atoms with Gasteiger partial charge in [-0.3, -0.25) is 0 Å². The molecule has 2 aromatic heterocycles. The van der Waals surface area contributed by atoms with Gasteiger partial charge >= 0.3 is 0 Å². The second-order valence-electron chi connectivity index (χ2n) is 3.39. The maximum absolute atomic E-state index is 5.86. The van der Waals surface area contributed by atoms with Crippen molar-refractivity contribution in [2.45, 2.75) is 19.9 Å². The van der Waals surface area contributed by atoms with E-state index in [4.69, 9.17) is 11.6 Å². The van der Waals surface area contributed by atoms with E-state index in [-0.39, 0.29) is 0 Å². The maximum Gasteiger partial charge on any atom is 0.180 e. The third kappa shape index (κ3) is 1.65. The van der Waals surface area contributed by atoms with Gasteiger partial charge in [0.15, 0.2) is 5.65 Å². The van der Waals surface area contributed by atoms with Crippen LogP contribution in [0.3, 0.4) is 0 Å². The van der Waals surface area contributed by atoms with Crippen molar-refractivity contribution in [3.05, 3.63) is 17.5 Å². The van der Waals surface area contributed by atoms with Crippen LogP contribution in [0.25, 0.3) is 11.2 Å². The van der Waals surface area contributed by atoms with E-state index in [0.717, 1.165) is 11.2 Å². The average molecular weight is 211 g/mol. The fourth-order valence-corrected chi connectivity index (χ4v) is 1.51. The number of aromatic amines is 1. The lowest BCUT2D eigenvalue weighted by Gasteiger charge is -2.10. The van der Waals surface area contributed by atoms with Crippen LogP contribution < -0.4 is 5.32 Å². The molecule has 0 aliphatic rings. The molecule has 0 aliphatic carbocycles. The Balaban J connectivity index is 2.55. The van der Waals surface area contributed by atoms with Crippen LogP contribution in [0.1, 0.15) is 13.8 Å². The number of nitrogens with one attached hydrogen (secondary N) is 2. The largest absolute Gasteiger partial charge is 0.381 e. The standard InChI is InChI=1S/C9H11ClN4/c1-5(2)13-6-3-7(10)14-9-8(6)11-4-12-9/h3-5H,1-2H3,(H2,11,12,13,14). The van der Waals surface area contributed by atoms with Gasteiger partial charge in [0.05, 0.1) is 12.0 Å². The van der Waals surface area contributed by atoms with E-state index in [0.29, 0.717) is 16.8 Å². The number of halogens is 1. The molecule has 4 nitrogen and oxygen atoms in total. The second-order valence-corrected chi connectivity index (χ2v) is 3.78. The molecule has 0 fully saturated rings. The summed E-state index contributed by atoms with van der Waals surface area (Å²) in [6, 6.07) is 2.14. The van der Waals surface area contributed by atoms with E-state index in [1.54, 1.807) is 12.4 Å². The van der Waals surface area contributed by atoms with Crippen LogP contribution in [0.5, 0.6) is 0 Å². The molecule has 0 radical (unpaired) electrons. The summed E-state index contributed by atoms with van der Waals surface area (Å²) in [4.78, 5) is 11.2. The van der Waals surface area contributed by atoms with Crippen molar-refractivity contribution >= 4 is 28.5 Å². The van der Waals surface area contributed by atoms with Crippen molar-refractivity contribution in [2.75, 3.05) is 5.32 Å². The summed E-state index contributed by atoms with van der Waals surface area (Å²) in [5.74, 6) is 0. The fourth-order valence-electron chi connectivity index (χ4n) is 1.32. The van der Waals surface area contributed by atoms with Gasteiger partial charge in [-0.25, -0.2) is 9.97 Å². The minimum absolute atomic E-state index is 0.347. The van der Waals surface area contributed by atoms with E-state index >= 15 is 0 Å². The van der Waals surface area contributed by atoms with E-state index in [9.17, 15) is 0 Å². The Labute approximate surface area is 86.7 Å². The number of nitrogens with zero attached hydrogens (tertiary/aromatic N) is 2. The van der Waals surface area contributed by atoms with Crippen molar-refractivity contribution in [1.29, 1.82) is 0 Å². The lowest BCUT2D eigenvalue weighted by atomic mass is 10.3. The van der Waals surface area contributed by atoms with Gasteiger partial charge in [0.25, 0.3) is 0 Å². The Morgan fingerprint density at radius 2 is 2.29 bits per heavy atom. The molecule has 5 heteroatoms. The topological polar surface area (TPSA) is 53.6 Å². The zero-order valence-corrected chi connectivity index (χ0v) is 8.76. The molecule has 0 unspecified atom stereocenters. The minimum Gasteiger partial charge on any atom is -0.381 e. The van der Waals surface area contributed by atoms with Gasteiger partial charge in [-0.15, -0.1) is 0 Å². The van der Waals surface area contributed by atoms with Gasteiger partial charge in [-0.05, 0) is 13.8 Å². The Hall–Kier alpha value is -1.29. The number of rotatable bonds is 2. The summed E-state index contributed by atoms with van der Waals surface area (Å²) in [6.45, 7) is 4.13. The molecule has 2 rings (SSSR count). The predicted molar refractivity (Wildman–Crippen MR) is 57.7 cm³/mol. The van der Waals surface area contributed by atoms with Crippen molar-refractivity contribution in [2.24, 2.45) is 0 Å². The van der Waals surface area contributed by atoms with Crippen LogP contribution in [0.2, 0.25) is 5.15 Å². The Bertz CT molecular complexity index is 449. The fraction of sp³-hybridized carbons (Fsp3) is 0.333. The zero-order chi connectivity index (χ0) is 10.1. The molecule has 2 N–H and O–H groups in total. The third-order valence-electron chi connectivity index (χ3n) is 1.81. The monoisotopic (exact) mass is 210 g/mol. The Kier molecular flexibility index (Phi) is 2.29.